The van der Waals surface area contributed by atoms with Crippen LogP contribution < -0.4 is 5.32 Å². The third kappa shape index (κ3) is 30.3. The van der Waals surface area contributed by atoms with Crippen LogP contribution in [0.5, 0.6) is 0 Å². The maximum absolute atomic E-state index is 12.3. The average molecular weight is 592 g/mol. The van der Waals surface area contributed by atoms with Gasteiger partial charge in [-0.05, 0) is 44.9 Å². The van der Waals surface area contributed by atoms with Crippen LogP contribution in [0, 0.1) is 0 Å². The van der Waals surface area contributed by atoms with Gasteiger partial charge in [0.1, 0.15) is 0 Å². The molecule has 0 spiro atoms. The van der Waals surface area contributed by atoms with Gasteiger partial charge in [0.05, 0.1) is 18.8 Å². The van der Waals surface area contributed by atoms with E-state index in [4.69, 9.17) is 0 Å². The summed E-state index contributed by atoms with van der Waals surface area (Å²) in [7, 11) is 0. The molecule has 0 fully saturated rings. The first kappa shape index (κ1) is 40.9. The molecule has 2 unspecified atom stereocenters. The summed E-state index contributed by atoms with van der Waals surface area (Å²) in [5.74, 6) is -0.0742. The van der Waals surface area contributed by atoms with E-state index in [2.05, 4.69) is 31.3 Å². The fraction of sp³-hybridized carbons (Fsp3) is 0.868. The van der Waals surface area contributed by atoms with Crippen LogP contribution in [0.2, 0.25) is 0 Å². The van der Waals surface area contributed by atoms with Gasteiger partial charge in [0.2, 0.25) is 5.91 Å². The molecule has 1 amide bonds. The van der Waals surface area contributed by atoms with Crippen molar-refractivity contribution in [1.82, 2.24) is 5.32 Å². The highest BCUT2D eigenvalue weighted by Crippen LogP contribution is 2.14. The van der Waals surface area contributed by atoms with Gasteiger partial charge in [-0.25, -0.2) is 0 Å². The van der Waals surface area contributed by atoms with Gasteiger partial charge in [0.25, 0.3) is 0 Å². The van der Waals surface area contributed by atoms with Gasteiger partial charge in [-0.15, -0.1) is 0 Å². The zero-order chi connectivity index (χ0) is 30.8. The van der Waals surface area contributed by atoms with Crippen molar-refractivity contribution in [3.05, 3.63) is 24.3 Å². The van der Waals surface area contributed by atoms with Crippen molar-refractivity contribution < 1.29 is 15.0 Å². The summed E-state index contributed by atoms with van der Waals surface area (Å²) < 4.78 is 0. The maximum atomic E-state index is 12.3. The van der Waals surface area contributed by atoms with E-state index in [1.807, 2.05) is 6.08 Å². The minimum atomic E-state index is -0.838. The largest absolute Gasteiger partial charge is 0.394 e. The van der Waals surface area contributed by atoms with Gasteiger partial charge < -0.3 is 15.5 Å². The summed E-state index contributed by atoms with van der Waals surface area (Å²) in [5, 5.41) is 22.9. The van der Waals surface area contributed by atoms with Gasteiger partial charge in [-0.1, -0.05) is 167 Å². The van der Waals surface area contributed by atoms with E-state index in [1.165, 1.54) is 135 Å². The molecule has 42 heavy (non-hydrogen) atoms. The molecule has 0 saturated carbocycles. The number of carbonyl (C=O) groups is 1. The van der Waals surface area contributed by atoms with E-state index in [1.54, 1.807) is 6.08 Å². The number of hydrogen-bond acceptors (Lipinski definition) is 3. The first-order valence-corrected chi connectivity index (χ1v) is 18.6. The van der Waals surface area contributed by atoms with Crippen molar-refractivity contribution in [1.29, 1.82) is 0 Å². The van der Waals surface area contributed by atoms with Crippen LogP contribution in [0.1, 0.15) is 194 Å². The molecule has 4 heteroatoms. The predicted molar refractivity (Wildman–Crippen MR) is 184 cm³/mol. The van der Waals surface area contributed by atoms with Gasteiger partial charge in [0, 0.05) is 6.42 Å². The summed E-state index contributed by atoms with van der Waals surface area (Å²) in [5.41, 5.74) is 0. The minimum absolute atomic E-state index is 0.0742. The molecule has 0 aromatic carbocycles. The van der Waals surface area contributed by atoms with Crippen molar-refractivity contribution in [2.24, 2.45) is 0 Å². The fourth-order valence-electron chi connectivity index (χ4n) is 5.52. The molecule has 3 N–H and O–H groups in total. The number of unbranched alkanes of at least 4 members (excludes halogenated alkanes) is 24. The molecule has 0 aliphatic heterocycles. The highest BCUT2D eigenvalue weighted by molar-refractivity contribution is 5.76. The van der Waals surface area contributed by atoms with Crippen molar-refractivity contribution in [2.45, 2.75) is 206 Å². The van der Waals surface area contributed by atoms with E-state index in [0.29, 0.717) is 6.42 Å². The topological polar surface area (TPSA) is 69.6 Å². The maximum Gasteiger partial charge on any atom is 0.220 e. The molecule has 0 saturated heterocycles. The number of amides is 1. The van der Waals surface area contributed by atoms with Crippen LogP contribution in [0.15, 0.2) is 24.3 Å². The third-order valence-corrected chi connectivity index (χ3v) is 8.43. The second-order valence-corrected chi connectivity index (χ2v) is 12.6. The smallest absolute Gasteiger partial charge is 0.220 e. The molecule has 0 aliphatic rings. The lowest BCUT2D eigenvalue weighted by atomic mass is 10.0. The molecule has 0 rings (SSSR count). The molecular formula is C38H73NO3. The van der Waals surface area contributed by atoms with E-state index in [9.17, 15) is 15.0 Å². The zero-order valence-electron chi connectivity index (χ0n) is 28.3. The Hall–Kier alpha value is -1.13. The summed E-state index contributed by atoms with van der Waals surface area (Å²) in [6.07, 6.45) is 42.6. The Bertz CT molecular complexity index is 603. The Labute approximate surface area is 262 Å². The number of carbonyl (C=O) groups excluding carboxylic acids is 1. The molecule has 4 nitrogen and oxygen atoms in total. The summed E-state index contributed by atoms with van der Waals surface area (Å²) in [6, 6.07) is -0.622. The van der Waals surface area contributed by atoms with Crippen LogP contribution in [-0.4, -0.2) is 34.9 Å². The highest BCUT2D eigenvalue weighted by Gasteiger charge is 2.17. The van der Waals surface area contributed by atoms with Gasteiger partial charge in [-0.2, -0.15) is 0 Å². The molecule has 0 aromatic rings. The van der Waals surface area contributed by atoms with Crippen LogP contribution in [0.25, 0.3) is 0 Å². The molecular weight excluding hydrogens is 518 g/mol. The minimum Gasteiger partial charge on any atom is -0.394 e. The number of allylic oxidation sites excluding steroid dienone is 3. The van der Waals surface area contributed by atoms with Crippen LogP contribution in [-0.2, 0) is 4.79 Å². The standard InChI is InChI=1S/C38H73NO3/c1-3-5-7-9-11-13-15-17-18-19-20-22-23-25-27-29-31-33-37(41)36(35-40)39-38(42)34-32-30-28-26-24-21-16-14-12-10-8-6-4-2/h14,16,31,33,36-37,40-41H,3-13,15,17-30,32,34-35H2,1-2H3,(H,39,42)/b16-14-,33-31+. The first-order chi connectivity index (χ1) is 20.7. The van der Waals surface area contributed by atoms with Crippen molar-refractivity contribution >= 4 is 5.91 Å². The SMILES string of the molecule is CCCCCC/C=C\CCCCCCCC(=O)NC(CO)C(O)/C=C/CCCCCCCCCCCCCCCCC. The number of nitrogens with one attached hydrogen (secondary N) is 1. The molecule has 248 valence electrons. The molecule has 0 heterocycles. The van der Waals surface area contributed by atoms with E-state index < -0.39 is 12.1 Å². The molecule has 0 aliphatic carbocycles. The van der Waals surface area contributed by atoms with Crippen LogP contribution in [0.4, 0.5) is 0 Å². The Morgan fingerprint density at radius 2 is 0.905 bits per heavy atom. The van der Waals surface area contributed by atoms with E-state index in [-0.39, 0.29) is 12.5 Å². The Morgan fingerprint density at radius 3 is 1.33 bits per heavy atom. The molecule has 0 aromatic heterocycles. The lowest BCUT2D eigenvalue weighted by Crippen LogP contribution is -2.45. The summed E-state index contributed by atoms with van der Waals surface area (Å²) in [4.78, 5) is 12.3. The molecule has 2 atom stereocenters. The van der Waals surface area contributed by atoms with Crippen LogP contribution >= 0.6 is 0 Å². The first-order valence-electron chi connectivity index (χ1n) is 18.6. The number of rotatable bonds is 33. The third-order valence-electron chi connectivity index (χ3n) is 8.43. The van der Waals surface area contributed by atoms with Gasteiger partial charge in [-0.3, -0.25) is 4.79 Å². The second kappa shape index (κ2) is 34.4. The second-order valence-electron chi connectivity index (χ2n) is 12.6. The lowest BCUT2D eigenvalue weighted by Gasteiger charge is -2.20. The predicted octanol–water partition coefficient (Wildman–Crippen LogP) is 10.9. The quantitative estimate of drug-likeness (QED) is 0.0525. The van der Waals surface area contributed by atoms with Crippen molar-refractivity contribution in [3.8, 4) is 0 Å². The van der Waals surface area contributed by atoms with Gasteiger partial charge in [0.15, 0.2) is 0 Å². The van der Waals surface area contributed by atoms with Crippen LogP contribution in [0.3, 0.4) is 0 Å². The Balaban J connectivity index is 3.62. The zero-order valence-corrected chi connectivity index (χ0v) is 28.3. The van der Waals surface area contributed by atoms with Crippen molar-refractivity contribution in [3.63, 3.8) is 0 Å². The number of aliphatic hydroxyl groups is 2. The van der Waals surface area contributed by atoms with E-state index >= 15 is 0 Å². The normalized spacial score (nSPS) is 13.3. The van der Waals surface area contributed by atoms with E-state index in [0.717, 1.165) is 38.5 Å². The number of aliphatic hydroxyl groups excluding tert-OH is 2. The fourth-order valence-corrected chi connectivity index (χ4v) is 5.52. The lowest BCUT2D eigenvalue weighted by molar-refractivity contribution is -0.123. The average Bonchev–Trinajstić information content (AvgIpc) is 2.99. The van der Waals surface area contributed by atoms with Gasteiger partial charge >= 0.3 is 0 Å². The van der Waals surface area contributed by atoms with Crippen molar-refractivity contribution in [2.75, 3.05) is 6.61 Å². The summed E-state index contributed by atoms with van der Waals surface area (Å²) >= 11 is 0. The Kier molecular flexibility index (Phi) is 33.4. The Morgan fingerprint density at radius 1 is 0.548 bits per heavy atom. The molecule has 0 bridgehead atoms. The monoisotopic (exact) mass is 592 g/mol. The molecule has 0 radical (unpaired) electrons. The number of hydrogen-bond donors (Lipinski definition) is 3. The summed E-state index contributed by atoms with van der Waals surface area (Å²) in [6.45, 7) is 4.28. The highest BCUT2D eigenvalue weighted by atomic mass is 16.3.